The van der Waals surface area contributed by atoms with Crippen LogP contribution in [0.5, 0.6) is 5.75 Å². The minimum atomic E-state index is -1.86. The summed E-state index contributed by atoms with van der Waals surface area (Å²) in [5, 5.41) is 0. The molecule has 2 aromatic rings. The van der Waals surface area contributed by atoms with Crippen molar-refractivity contribution in [2.75, 3.05) is 7.11 Å². The molecule has 0 saturated carbocycles. The molecule has 0 atom stereocenters. The van der Waals surface area contributed by atoms with Crippen molar-refractivity contribution in [3.63, 3.8) is 0 Å². The molecule has 0 aliphatic carbocycles. The van der Waals surface area contributed by atoms with E-state index in [0.29, 0.717) is 6.07 Å². The summed E-state index contributed by atoms with van der Waals surface area (Å²) in [6, 6.07) is 1.48. The van der Waals surface area contributed by atoms with Gasteiger partial charge >= 0.3 is 0 Å². The van der Waals surface area contributed by atoms with Crippen LogP contribution in [0, 0.1) is 34.9 Å². The fraction of sp³-hybridized carbons (Fsp3) is 0.0769. The molecule has 0 radical (unpaired) electrons. The fourth-order valence-corrected chi connectivity index (χ4v) is 1.93. The van der Waals surface area contributed by atoms with Crippen molar-refractivity contribution < 1.29 is 31.1 Å². The first-order valence-electron chi connectivity index (χ1n) is 5.69. The summed E-state index contributed by atoms with van der Waals surface area (Å²) in [7, 11) is 0.379. The van der Waals surface area contributed by atoms with Crippen molar-refractivity contribution in [2.24, 2.45) is 0 Å². The van der Waals surface area contributed by atoms with Gasteiger partial charge in [0, 0.05) is 12.1 Å². The lowest BCUT2D eigenvalue weighted by Gasteiger charge is -2.11. The zero-order chi connectivity index (χ0) is 15.7. The maximum absolute atomic E-state index is 13.6. The van der Waals surface area contributed by atoms with Crippen LogP contribution >= 0.6 is 0 Å². The number of hydrogen-bond donors (Lipinski definition) is 0. The first kappa shape index (κ1) is 15.3. The van der Waals surface area contributed by atoms with Crippen LogP contribution in [0.4, 0.5) is 26.3 Å². The van der Waals surface area contributed by atoms with E-state index >= 15 is 0 Å². The van der Waals surface area contributed by atoms with Crippen LogP contribution < -0.4 is 15.7 Å². The SMILES string of the molecule is COc1c(F)cc(F)cc1Bc1c(F)cc(F)c(F)c1F. The molecule has 0 fully saturated rings. The van der Waals surface area contributed by atoms with Gasteiger partial charge in [0.2, 0.25) is 7.28 Å². The second-order valence-electron chi connectivity index (χ2n) is 4.20. The summed E-state index contributed by atoms with van der Waals surface area (Å²) in [5.74, 6) is -9.16. The van der Waals surface area contributed by atoms with Gasteiger partial charge in [0.15, 0.2) is 23.3 Å². The monoisotopic (exact) mass is 304 g/mol. The highest BCUT2D eigenvalue weighted by Crippen LogP contribution is 2.16. The largest absolute Gasteiger partial charge is 0.494 e. The molecule has 0 aliphatic heterocycles. The Hall–Kier alpha value is -2.12. The van der Waals surface area contributed by atoms with Crippen LogP contribution in [0.1, 0.15) is 0 Å². The summed E-state index contributed by atoms with van der Waals surface area (Å²) in [5.41, 5.74) is -1.09. The summed E-state index contributed by atoms with van der Waals surface area (Å²) >= 11 is 0. The van der Waals surface area contributed by atoms with E-state index in [2.05, 4.69) is 4.74 Å². The standard InChI is InChI=1S/C13H7BF6O/c1-21-13-6(2-5(15)3-9(13)18)14-10-7(16)4-8(17)11(19)12(10)20/h2-4,14H,1H3. The van der Waals surface area contributed by atoms with Crippen molar-refractivity contribution in [3.05, 3.63) is 53.1 Å². The predicted molar refractivity (Wildman–Crippen MR) is 65.6 cm³/mol. The number of rotatable bonds is 3. The lowest BCUT2D eigenvalue weighted by molar-refractivity contribution is 0.388. The van der Waals surface area contributed by atoms with Crippen molar-refractivity contribution in [1.29, 1.82) is 0 Å². The Bertz CT molecular complexity index is 704. The van der Waals surface area contributed by atoms with Crippen molar-refractivity contribution in [1.82, 2.24) is 0 Å². The van der Waals surface area contributed by atoms with Gasteiger partial charge in [-0.05, 0) is 17.0 Å². The Labute approximate surface area is 116 Å². The molecule has 0 heterocycles. The minimum Gasteiger partial charge on any atom is -0.494 e. The van der Waals surface area contributed by atoms with Gasteiger partial charge in [-0.1, -0.05) is 0 Å². The average molecular weight is 304 g/mol. The Morgan fingerprint density at radius 3 is 2.10 bits per heavy atom. The maximum Gasteiger partial charge on any atom is 0.205 e. The minimum absolute atomic E-state index is 0.163. The Morgan fingerprint density at radius 2 is 1.48 bits per heavy atom. The van der Waals surface area contributed by atoms with E-state index in [1.54, 1.807) is 0 Å². The molecule has 0 amide bonds. The van der Waals surface area contributed by atoms with Gasteiger partial charge in [-0.2, -0.15) is 0 Å². The predicted octanol–water partition coefficient (Wildman–Crippen LogP) is 1.92. The molecule has 1 nitrogen and oxygen atoms in total. The highest BCUT2D eigenvalue weighted by atomic mass is 19.2. The Morgan fingerprint density at radius 1 is 0.810 bits per heavy atom. The summed E-state index contributed by atoms with van der Waals surface area (Å²) in [6.07, 6.45) is 0. The molecule has 8 heteroatoms. The van der Waals surface area contributed by atoms with E-state index < -0.39 is 53.4 Å². The molecule has 0 aromatic heterocycles. The third-order valence-electron chi connectivity index (χ3n) is 2.87. The first-order valence-corrected chi connectivity index (χ1v) is 5.69. The quantitative estimate of drug-likeness (QED) is 0.364. The van der Waals surface area contributed by atoms with E-state index in [4.69, 9.17) is 0 Å². The lowest BCUT2D eigenvalue weighted by Crippen LogP contribution is -2.35. The average Bonchev–Trinajstić information content (AvgIpc) is 2.41. The van der Waals surface area contributed by atoms with Gasteiger partial charge in [-0.3, -0.25) is 0 Å². The highest BCUT2D eigenvalue weighted by molar-refractivity contribution is 6.68. The molecule has 0 aliphatic rings. The number of methoxy groups -OCH3 is 1. The van der Waals surface area contributed by atoms with Crippen LogP contribution in [0.25, 0.3) is 0 Å². The van der Waals surface area contributed by atoms with E-state index in [1.165, 1.54) is 0 Å². The fourth-order valence-electron chi connectivity index (χ4n) is 1.93. The van der Waals surface area contributed by atoms with Gasteiger partial charge in [-0.25, -0.2) is 26.3 Å². The molecule has 2 aromatic carbocycles. The molecule has 0 spiro atoms. The van der Waals surface area contributed by atoms with Gasteiger partial charge in [0.05, 0.1) is 7.11 Å². The summed E-state index contributed by atoms with van der Waals surface area (Å²) < 4.78 is 84.4. The Kier molecular flexibility index (Phi) is 4.15. The lowest BCUT2D eigenvalue weighted by atomic mass is 9.63. The van der Waals surface area contributed by atoms with Crippen LogP contribution in [0.15, 0.2) is 18.2 Å². The van der Waals surface area contributed by atoms with Crippen LogP contribution in [0.3, 0.4) is 0 Å². The van der Waals surface area contributed by atoms with Crippen LogP contribution in [0.2, 0.25) is 0 Å². The van der Waals surface area contributed by atoms with Gasteiger partial charge < -0.3 is 4.74 Å². The van der Waals surface area contributed by atoms with E-state index in [1.807, 2.05) is 0 Å². The van der Waals surface area contributed by atoms with Crippen molar-refractivity contribution in [2.45, 2.75) is 0 Å². The van der Waals surface area contributed by atoms with E-state index in [-0.39, 0.29) is 11.5 Å². The number of ether oxygens (including phenoxy) is 1. The number of benzene rings is 2. The number of hydrogen-bond acceptors (Lipinski definition) is 1. The third kappa shape index (κ3) is 2.84. The van der Waals surface area contributed by atoms with Crippen LogP contribution in [-0.4, -0.2) is 14.4 Å². The Balaban J connectivity index is 2.56. The smallest absolute Gasteiger partial charge is 0.205 e. The van der Waals surface area contributed by atoms with E-state index in [9.17, 15) is 26.3 Å². The van der Waals surface area contributed by atoms with E-state index in [0.717, 1.165) is 13.2 Å². The number of halogens is 6. The van der Waals surface area contributed by atoms with Crippen molar-refractivity contribution in [3.8, 4) is 5.75 Å². The second-order valence-corrected chi connectivity index (χ2v) is 4.20. The summed E-state index contributed by atoms with van der Waals surface area (Å²) in [4.78, 5) is 0. The highest BCUT2D eigenvalue weighted by Gasteiger charge is 2.22. The molecule has 0 saturated heterocycles. The van der Waals surface area contributed by atoms with Crippen LogP contribution in [-0.2, 0) is 0 Å². The molecule has 0 bridgehead atoms. The van der Waals surface area contributed by atoms with Gasteiger partial charge in [0.1, 0.15) is 17.4 Å². The summed E-state index contributed by atoms with van der Waals surface area (Å²) in [6.45, 7) is 0. The van der Waals surface area contributed by atoms with Gasteiger partial charge in [-0.15, -0.1) is 0 Å². The zero-order valence-corrected chi connectivity index (χ0v) is 10.6. The van der Waals surface area contributed by atoms with Crippen molar-refractivity contribution >= 4 is 18.2 Å². The molecular weight excluding hydrogens is 297 g/mol. The normalized spacial score (nSPS) is 10.6. The molecule has 0 unspecified atom stereocenters. The second kappa shape index (κ2) is 5.71. The first-order chi connectivity index (χ1) is 9.85. The topological polar surface area (TPSA) is 9.23 Å². The zero-order valence-electron chi connectivity index (χ0n) is 10.6. The molecular formula is C13H7BF6O. The molecule has 21 heavy (non-hydrogen) atoms. The molecule has 2 rings (SSSR count). The molecule has 110 valence electrons. The van der Waals surface area contributed by atoms with Gasteiger partial charge in [0.25, 0.3) is 0 Å². The maximum atomic E-state index is 13.6. The third-order valence-corrected chi connectivity index (χ3v) is 2.87. The molecule has 0 N–H and O–H groups in total.